The molecule has 0 amide bonds. The van der Waals surface area contributed by atoms with Crippen LogP contribution in [0.15, 0.2) is 0 Å². The van der Waals surface area contributed by atoms with Gasteiger partial charge in [-0.1, -0.05) is 23.2 Å². The van der Waals surface area contributed by atoms with Gasteiger partial charge in [0.05, 0.1) is 23.5 Å². The minimum absolute atomic E-state index is 0.000988. The molecule has 2 N–H and O–H groups in total. The molecule has 0 unspecified atom stereocenters. The first-order valence-corrected chi connectivity index (χ1v) is 4.44. The first-order chi connectivity index (χ1) is 6.49. The number of esters is 1. The summed E-state index contributed by atoms with van der Waals surface area (Å²) in [6, 6.07) is 0. The number of hydrogen-bond donors (Lipinski definition) is 1. The number of ether oxygens (including phenoxy) is 1. The molecule has 0 saturated heterocycles. The van der Waals surface area contributed by atoms with Crippen LogP contribution in [0.1, 0.15) is 16.1 Å². The van der Waals surface area contributed by atoms with E-state index in [-0.39, 0.29) is 21.4 Å². The normalized spacial score (nSPS) is 10.0. The van der Waals surface area contributed by atoms with E-state index in [0.29, 0.717) is 5.69 Å². The summed E-state index contributed by atoms with van der Waals surface area (Å²) in [4.78, 5) is 15.1. The van der Waals surface area contributed by atoms with Crippen LogP contribution in [0, 0.1) is 6.92 Å². The Bertz CT molecular complexity index is 393. The molecule has 0 saturated carbocycles. The van der Waals surface area contributed by atoms with E-state index in [1.54, 1.807) is 6.92 Å². The zero-order chi connectivity index (χ0) is 10.9. The number of rotatable bonds is 1. The summed E-state index contributed by atoms with van der Waals surface area (Å²) in [6.45, 7) is 1.65. The standard InChI is InChI=1S/C8H8Cl2N2O2/c1-3-6(11)5(9)4(7(10)12-3)8(13)14-2/h11H2,1-2H3. The second-order valence-corrected chi connectivity index (χ2v) is 3.32. The summed E-state index contributed by atoms with van der Waals surface area (Å²) in [6.07, 6.45) is 0. The fourth-order valence-corrected chi connectivity index (χ4v) is 1.57. The van der Waals surface area contributed by atoms with Crippen molar-refractivity contribution in [1.29, 1.82) is 0 Å². The van der Waals surface area contributed by atoms with E-state index < -0.39 is 5.97 Å². The third-order valence-corrected chi connectivity index (χ3v) is 2.37. The van der Waals surface area contributed by atoms with Crippen LogP contribution in [-0.4, -0.2) is 18.1 Å². The topological polar surface area (TPSA) is 65.2 Å². The van der Waals surface area contributed by atoms with Gasteiger partial charge in [-0.3, -0.25) is 0 Å². The molecule has 0 fully saturated rings. The number of aromatic nitrogens is 1. The summed E-state index contributed by atoms with van der Waals surface area (Å²) in [5.74, 6) is -0.654. The van der Waals surface area contributed by atoms with Crippen molar-refractivity contribution in [3.63, 3.8) is 0 Å². The third kappa shape index (κ3) is 1.76. The molecule has 0 bridgehead atoms. The molecule has 0 radical (unpaired) electrons. The van der Waals surface area contributed by atoms with Gasteiger partial charge in [0.1, 0.15) is 10.7 Å². The van der Waals surface area contributed by atoms with Crippen molar-refractivity contribution in [1.82, 2.24) is 4.98 Å². The highest BCUT2D eigenvalue weighted by Crippen LogP contribution is 2.30. The van der Waals surface area contributed by atoms with Crippen molar-refractivity contribution in [2.24, 2.45) is 0 Å². The summed E-state index contributed by atoms with van der Waals surface area (Å²) in [7, 11) is 1.23. The number of nitrogens with zero attached hydrogens (tertiary/aromatic N) is 1. The van der Waals surface area contributed by atoms with Gasteiger partial charge >= 0.3 is 5.97 Å². The predicted molar refractivity (Wildman–Crippen MR) is 54.7 cm³/mol. The first-order valence-electron chi connectivity index (χ1n) is 3.68. The van der Waals surface area contributed by atoms with Gasteiger partial charge in [0.25, 0.3) is 0 Å². The van der Waals surface area contributed by atoms with E-state index in [9.17, 15) is 4.79 Å². The lowest BCUT2D eigenvalue weighted by Crippen LogP contribution is -2.08. The average Bonchev–Trinajstić information content (AvgIpc) is 2.14. The zero-order valence-corrected chi connectivity index (χ0v) is 9.11. The van der Waals surface area contributed by atoms with Crippen molar-refractivity contribution in [2.45, 2.75) is 6.92 Å². The molecule has 76 valence electrons. The van der Waals surface area contributed by atoms with Crippen LogP contribution in [0.5, 0.6) is 0 Å². The van der Waals surface area contributed by atoms with Gasteiger partial charge in [-0.15, -0.1) is 0 Å². The first kappa shape index (κ1) is 11.1. The molecule has 0 aliphatic carbocycles. The fraction of sp³-hybridized carbons (Fsp3) is 0.250. The van der Waals surface area contributed by atoms with Crippen LogP contribution in [0.2, 0.25) is 10.2 Å². The Labute approximate surface area is 91.0 Å². The van der Waals surface area contributed by atoms with Crippen LogP contribution in [0.4, 0.5) is 5.69 Å². The van der Waals surface area contributed by atoms with E-state index in [1.807, 2.05) is 0 Å². The van der Waals surface area contributed by atoms with E-state index in [1.165, 1.54) is 7.11 Å². The van der Waals surface area contributed by atoms with Gasteiger partial charge in [-0.2, -0.15) is 0 Å². The second-order valence-electron chi connectivity index (χ2n) is 2.58. The van der Waals surface area contributed by atoms with Gasteiger partial charge < -0.3 is 10.5 Å². The van der Waals surface area contributed by atoms with E-state index in [0.717, 1.165) is 0 Å². The van der Waals surface area contributed by atoms with Crippen LogP contribution in [0.3, 0.4) is 0 Å². The fourth-order valence-electron chi connectivity index (χ4n) is 0.923. The zero-order valence-electron chi connectivity index (χ0n) is 7.60. The number of carbonyl (C=O) groups is 1. The number of aryl methyl sites for hydroxylation is 1. The smallest absolute Gasteiger partial charge is 0.342 e. The van der Waals surface area contributed by atoms with E-state index in [2.05, 4.69) is 9.72 Å². The Balaban J connectivity index is 3.44. The molecule has 0 aliphatic heterocycles. The van der Waals surface area contributed by atoms with Crippen LogP contribution in [-0.2, 0) is 4.74 Å². The number of hydrogen-bond acceptors (Lipinski definition) is 4. The summed E-state index contributed by atoms with van der Waals surface area (Å²) in [5.41, 5.74) is 6.29. The molecule has 0 aromatic carbocycles. The number of halogens is 2. The summed E-state index contributed by atoms with van der Waals surface area (Å²) in [5, 5.41) is 0.0721. The molecular formula is C8H8Cl2N2O2. The average molecular weight is 235 g/mol. The Morgan fingerprint density at radius 1 is 1.50 bits per heavy atom. The third-order valence-electron chi connectivity index (χ3n) is 1.71. The minimum Gasteiger partial charge on any atom is -0.465 e. The van der Waals surface area contributed by atoms with Crippen molar-refractivity contribution < 1.29 is 9.53 Å². The Kier molecular flexibility index (Phi) is 3.18. The molecule has 4 nitrogen and oxygen atoms in total. The quantitative estimate of drug-likeness (QED) is 0.597. The van der Waals surface area contributed by atoms with Gasteiger partial charge in [0, 0.05) is 0 Å². The molecule has 14 heavy (non-hydrogen) atoms. The van der Waals surface area contributed by atoms with Crippen molar-refractivity contribution in [3.05, 3.63) is 21.4 Å². The Morgan fingerprint density at radius 2 is 2.07 bits per heavy atom. The van der Waals surface area contributed by atoms with Gasteiger partial charge in [-0.05, 0) is 6.92 Å². The lowest BCUT2D eigenvalue weighted by Gasteiger charge is -2.08. The lowest BCUT2D eigenvalue weighted by atomic mass is 10.2. The molecule has 1 rings (SSSR count). The molecule has 6 heteroatoms. The maximum atomic E-state index is 11.2. The van der Waals surface area contributed by atoms with Crippen LogP contribution >= 0.6 is 23.2 Å². The molecule has 0 aliphatic rings. The number of pyridine rings is 1. The van der Waals surface area contributed by atoms with Gasteiger partial charge in [-0.25, -0.2) is 9.78 Å². The van der Waals surface area contributed by atoms with Crippen LogP contribution < -0.4 is 5.73 Å². The second kappa shape index (κ2) is 4.02. The number of carbonyl (C=O) groups excluding carboxylic acids is 1. The Morgan fingerprint density at radius 3 is 2.57 bits per heavy atom. The monoisotopic (exact) mass is 234 g/mol. The number of anilines is 1. The number of nitrogen functional groups attached to an aromatic ring is 1. The molecule has 0 spiro atoms. The summed E-state index contributed by atoms with van der Waals surface area (Å²) >= 11 is 11.6. The van der Waals surface area contributed by atoms with Crippen LogP contribution in [0.25, 0.3) is 0 Å². The SMILES string of the molecule is COC(=O)c1c(Cl)nc(C)c(N)c1Cl. The number of nitrogens with two attached hydrogens (primary N) is 1. The highest BCUT2D eigenvalue weighted by atomic mass is 35.5. The molecule has 1 aromatic rings. The molecule has 1 aromatic heterocycles. The minimum atomic E-state index is -0.654. The van der Waals surface area contributed by atoms with E-state index in [4.69, 9.17) is 28.9 Å². The number of methoxy groups -OCH3 is 1. The molecule has 0 atom stereocenters. The maximum Gasteiger partial charge on any atom is 0.342 e. The predicted octanol–water partition coefficient (Wildman–Crippen LogP) is 2.07. The molecular weight excluding hydrogens is 227 g/mol. The maximum absolute atomic E-state index is 11.2. The Hall–Kier alpha value is -1.00. The lowest BCUT2D eigenvalue weighted by molar-refractivity contribution is 0.0600. The summed E-state index contributed by atoms with van der Waals surface area (Å²) < 4.78 is 4.49. The van der Waals surface area contributed by atoms with Crippen molar-refractivity contribution in [3.8, 4) is 0 Å². The van der Waals surface area contributed by atoms with Gasteiger partial charge in [0.15, 0.2) is 0 Å². The molecule has 1 heterocycles. The van der Waals surface area contributed by atoms with E-state index >= 15 is 0 Å². The largest absolute Gasteiger partial charge is 0.465 e. The highest BCUT2D eigenvalue weighted by molar-refractivity contribution is 6.40. The van der Waals surface area contributed by atoms with Crippen molar-refractivity contribution >= 4 is 34.9 Å². The van der Waals surface area contributed by atoms with Gasteiger partial charge in [0.2, 0.25) is 0 Å². The highest BCUT2D eigenvalue weighted by Gasteiger charge is 2.20. The van der Waals surface area contributed by atoms with Crippen molar-refractivity contribution in [2.75, 3.05) is 12.8 Å².